The molecule has 2 aliphatic rings. The van der Waals surface area contributed by atoms with Gasteiger partial charge in [-0.1, -0.05) is 0 Å². The number of hydrogen-bond donors (Lipinski definition) is 1. The summed E-state index contributed by atoms with van der Waals surface area (Å²) in [4.78, 5) is 0. The van der Waals surface area contributed by atoms with Gasteiger partial charge in [-0.3, -0.25) is 0 Å². The van der Waals surface area contributed by atoms with Gasteiger partial charge in [0, 0.05) is 13.1 Å². The van der Waals surface area contributed by atoms with E-state index in [0.29, 0.717) is 0 Å². The average Bonchev–Trinajstić information content (AvgIpc) is 2.38. The molecule has 0 aromatic heterocycles. The molecule has 2 aliphatic heterocycles. The molecule has 0 saturated carbocycles. The molecule has 6 nitrogen and oxygen atoms in total. The zero-order chi connectivity index (χ0) is 14.1. The Labute approximate surface area is 115 Å². The SMILES string of the molecule is CN(C1CCNCC1)S(=O)(=O)C1CCS(=O)(=O)CC1. The minimum Gasteiger partial charge on any atom is -0.317 e. The molecule has 0 aliphatic carbocycles. The van der Waals surface area contributed by atoms with Crippen molar-refractivity contribution in [1.82, 2.24) is 9.62 Å². The molecule has 19 heavy (non-hydrogen) atoms. The Balaban J connectivity index is 2.05. The van der Waals surface area contributed by atoms with Crippen LogP contribution in [0.15, 0.2) is 0 Å². The molecule has 0 spiro atoms. The minimum atomic E-state index is -3.37. The molecule has 2 heterocycles. The molecule has 0 unspecified atom stereocenters. The summed E-state index contributed by atoms with van der Waals surface area (Å²) < 4.78 is 49.3. The fraction of sp³-hybridized carbons (Fsp3) is 1.00. The standard InChI is InChI=1S/C11H22N2O4S2/c1-13(10-2-6-12-7-3-10)19(16,17)11-4-8-18(14,15)9-5-11/h10-12H,2-9H2,1H3. The van der Waals surface area contributed by atoms with Gasteiger partial charge in [-0.15, -0.1) is 0 Å². The first-order valence-electron chi connectivity index (χ1n) is 6.71. The molecule has 2 rings (SSSR count). The topological polar surface area (TPSA) is 83.6 Å². The maximum atomic E-state index is 12.5. The second-order valence-corrected chi connectivity index (χ2v) is 9.97. The Bertz CT molecular complexity index is 495. The number of sulfonamides is 1. The van der Waals surface area contributed by atoms with Crippen molar-refractivity contribution in [1.29, 1.82) is 0 Å². The third-order valence-electron chi connectivity index (χ3n) is 4.15. The Morgan fingerprint density at radius 1 is 1.05 bits per heavy atom. The van der Waals surface area contributed by atoms with Crippen LogP contribution in [0.1, 0.15) is 25.7 Å². The Kier molecular flexibility index (Phi) is 4.54. The first-order chi connectivity index (χ1) is 8.83. The molecule has 0 amide bonds. The molecule has 2 fully saturated rings. The molecular formula is C11H22N2O4S2. The molecule has 1 N–H and O–H groups in total. The van der Waals surface area contributed by atoms with Crippen molar-refractivity contribution in [2.24, 2.45) is 0 Å². The van der Waals surface area contributed by atoms with E-state index in [4.69, 9.17) is 0 Å². The van der Waals surface area contributed by atoms with Crippen LogP contribution in [0.2, 0.25) is 0 Å². The van der Waals surface area contributed by atoms with Crippen LogP contribution < -0.4 is 5.32 Å². The maximum absolute atomic E-state index is 12.5. The predicted molar refractivity (Wildman–Crippen MR) is 74.3 cm³/mol. The predicted octanol–water partition coefficient (Wildman–Crippen LogP) is -0.423. The van der Waals surface area contributed by atoms with Crippen molar-refractivity contribution in [2.45, 2.75) is 37.0 Å². The van der Waals surface area contributed by atoms with E-state index >= 15 is 0 Å². The van der Waals surface area contributed by atoms with Crippen molar-refractivity contribution in [2.75, 3.05) is 31.6 Å². The van der Waals surface area contributed by atoms with Gasteiger partial charge in [-0.25, -0.2) is 21.1 Å². The second-order valence-electron chi connectivity index (χ2n) is 5.39. The molecule has 0 aromatic rings. The lowest BCUT2D eigenvalue weighted by Gasteiger charge is -2.34. The van der Waals surface area contributed by atoms with Gasteiger partial charge in [0.05, 0.1) is 16.8 Å². The average molecular weight is 310 g/mol. The summed E-state index contributed by atoms with van der Waals surface area (Å²) in [5.74, 6) is -0.00603. The number of nitrogens with zero attached hydrogens (tertiary/aromatic N) is 1. The van der Waals surface area contributed by atoms with E-state index in [0.717, 1.165) is 25.9 Å². The second kappa shape index (κ2) is 5.67. The van der Waals surface area contributed by atoms with E-state index in [1.807, 2.05) is 0 Å². The number of sulfone groups is 1. The van der Waals surface area contributed by atoms with E-state index in [1.54, 1.807) is 7.05 Å². The number of rotatable bonds is 3. The Hall–Kier alpha value is -0.180. The van der Waals surface area contributed by atoms with E-state index < -0.39 is 25.1 Å². The zero-order valence-corrected chi connectivity index (χ0v) is 12.8. The highest BCUT2D eigenvalue weighted by Gasteiger charge is 2.37. The molecule has 2 saturated heterocycles. The van der Waals surface area contributed by atoms with Crippen LogP contribution in [0.25, 0.3) is 0 Å². The monoisotopic (exact) mass is 310 g/mol. The van der Waals surface area contributed by atoms with Crippen molar-refractivity contribution < 1.29 is 16.8 Å². The number of piperidine rings is 1. The molecule has 0 bridgehead atoms. The summed E-state index contributed by atoms with van der Waals surface area (Å²) >= 11 is 0. The van der Waals surface area contributed by atoms with E-state index in [2.05, 4.69) is 5.32 Å². The van der Waals surface area contributed by atoms with E-state index in [-0.39, 0.29) is 30.4 Å². The Morgan fingerprint density at radius 2 is 1.58 bits per heavy atom. The van der Waals surface area contributed by atoms with Crippen molar-refractivity contribution in [3.63, 3.8) is 0 Å². The summed E-state index contributed by atoms with van der Waals surface area (Å²) in [5.41, 5.74) is 0. The third kappa shape index (κ3) is 3.48. The van der Waals surface area contributed by atoms with E-state index in [1.165, 1.54) is 4.31 Å². The highest BCUT2D eigenvalue weighted by atomic mass is 32.2. The van der Waals surface area contributed by atoms with Crippen LogP contribution in [0, 0.1) is 0 Å². The number of hydrogen-bond acceptors (Lipinski definition) is 5. The van der Waals surface area contributed by atoms with Gasteiger partial charge in [-0.2, -0.15) is 0 Å². The summed E-state index contributed by atoms with van der Waals surface area (Å²) in [6.07, 6.45) is 2.11. The van der Waals surface area contributed by atoms with Gasteiger partial charge in [0.15, 0.2) is 0 Å². The first kappa shape index (κ1) is 15.2. The fourth-order valence-corrected chi connectivity index (χ4v) is 6.50. The molecule has 0 atom stereocenters. The van der Waals surface area contributed by atoms with Gasteiger partial charge < -0.3 is 5.32 Å². The van der Waals surface area contributed by atoms with Crippen molar-refractivity contribution in [3.8, 4) is 0 Å². The van der Waals surface area contributed by atoms with Crippen molar-refractivity contribution in [3.05, 3.63) is 0 Å². The Morgan fingerprint density at radius 3 is 2.11 bits per heavy atom. The van der Waals surface area contributed by atoms with Gasteiger partial charge in [0.25, 0.3) is 0 Å². The highest BCUT2D eigenvalue weighted by molar-refractivity contribution is 7.92. The lowest BCUT2D eigenvalue weighted by Crippen LogP contribution is -2.48. The summed E-state index contributed by atoms with van der Waals surface area (Å²) in [6.45, 7) is 1.67. The van der Waals surface area contributed by atoms with Crippen LogP contribution >= 0.6 is 0 Å². The first-order valence-corrected chi connectivity index (χ1v) is 10.0. The van der Waals surface area contributed by atoms with Gasteiger partial charge in [0.1, 0.15) is 9.84 Å². The quantitative estimate of drug-likeness (QED) is 0.765. The van der Waals surface area contributed by atoms with Crippen molar-refractivity contribution >= 4 is 19.9 Å². The molecule has 8 heteroatoms. The minimum absolute atomic E-state index is 0.00302. The largest absolute Gasteiger partial charge is 0.317 e. The maximum Gasteiger partial charge on any atom is 0.217 e. The molecular weight excluding hydrogens is 288 g/mol. The van der Waals surface area contributed by atoms with Crippen LogP contribution in [0.4, 0.5) is 0 Å². The van der Waals surface area contributed by atoms with Crippen LogP contribution in [-0.2, 0) is 19.9 Å². The van der Waals surface area contributed by atoms with Gasteiger partial charge >= 0.3 is 0 Å². The normalized spacial score (nSPS) is 26.6. The molecule has 112 valence electrons. The lowest BCUT2D eigenvalue weighted by molar-refractivity contribution is 0.292. The van der Waals surface area contributed by atoms with Gasteiger partial charge in [-0.05, 0) is 38.8 Å². The third-order valence-corrected chi connectivity index (χ3v) is 8.28. The smallest absolute Gasteiger partial charge is 0.217 e. The van der Waals surface area contributed by atoms with Crippen LogP contribution in [0.5, 0.6) is 0 Å². The summed E-state index contributed by atoms with van der Waals surface area (Å²) in [5, 5.41) is 2.68. The molecule has 0 radical (unpaired) electrons. The summed E-state index contributed by atoms with van der Waals surface area (Å²) in [6, 6.07) is 0.0461. The summed E-state index contributed by atoms with van der Waals surface area (Å²) in [7, 11) is -4.76. The van der Waals surface area contributed by atoms with Crippen LogP contribution in [0.3, 0.4) is 0 Å². The van der Waals surface area contributed by atoms with E-state index in [9.17, 15) is 16.8 Å². The zero-order valence-electron chi connectivity index (χ0n) is 11.2. The fourth-order valence-electron chi connectivity index (χ4n) is 2.78. The van der Waals surface area contributed by atoms with Gasteiger partial charge in [0.2, 0.25) is 10.0 Å². The highest BCUT2D eigenvalue weighted by Crippen LogP contribution is 2.24. The number of nitrogens with one attached hydrogen (secondary N) is 1. The lowest BCUT2D eigenvalue weighted by atomic mass is 10.1. The molecule has 0 aromatic carbocycles. The van der Waals surface area contributed by atoms with Crippen LogP contribution in [-0.4, -0.2) is 64.1 Å².